The lowest BCUT2D eigenvalue weighted by Gasteiger charge is -2.05. The van der Waals surface area contributed by atoms with Gasteiger partial charge in [0.1, 0.15) is 0 Å². The number of amides is 1. The second-order valence-corrected chi connectivity index (χ2v) is 6.96. The highest BCUT2D eigenvalue weighted by Crippen LogP contribution is 2.25. The predicted octanol–water partition coefficient (Wildman–Crippen LogP) is 3.65. The van der Waals surface area contributed by atoms with Crippen LogP contribution in [0.3, 0.4) is 0 Å². The molecule has 7 heteroatoms. The van der Waals surface area contributed by atoms with Crippen LogP contribution in [0.25, 0.3) is 0 Å². The van der Waals surface area contributed by atoms with Gasteiger partial charge in [-0.1, -0.05) is 48.6 Å². The molecule has 0 fully saturated rings. The van der Waals surface area contributed by atoms with E-state index in [2.05, 4.69) is 39.9 Å². The third-order valence-electron chi connectivity index (χ3n) is 3.00. The summed E-state index contributed by atoms with van der Waals surface area (Å²) in [6, 6.07) is 8.06. The summed E-state index contributed by atoms with van der Waals surface area (Å²) >= 11 is 2.83. The van der Waals surface area contributed by atoms with E-state index in [1.54, 1.807) is 7.05 Å². The van der Waals surface area contributed by atoms with Crippen LogP contribution in [0.5, 0.6) is 0 Å². The van der Waals surface area contributed by atoms with Gasteiger partial charge in [-0.05, 0) is 30.5 Å². The Balaban J connectivity index is 1.78. The molecule has 1 amide bonds. The van der Waals surface area contributed by atoms with Gasteiger partial charge in [0.05, 0.1) is 5.75 Å². The van der Waals surface area contributed by atoms with Crippen LogP contribution < -0.4 is 10.6 Å². The van der Waals surface area contributed by atoms with Crippen LogP contribution in [0.4, 0.5) is 10.8 Å². The van der Waals surface area contributed by atoms with E-state index in [1.807, 2.05) is 12.1 Å². The molecule has 0 saturated heterocycles. The molecule has 0 saturated carbocycles. The number of unbranched alkanes of at least 4 members (excludes halogenated alkanes) is 1. The molecule has 0 aliphatic heterocycles. The lowest BCUT2D eigenvalue weighted by molar-refractivity contribution is -0.113. The van der Waals surface area contributed by atoms with Crippen molar-refractivity contribution in [2.45, 2.75) is 30.5 Å². The number of hydrogen-bond acceptors (Lipinski definition) is 6. The molecule has 2 rings (SSSR count). The number of hydrogen-bond donors (Lipinski definition) is 2. The van der Waals surface area contributed by atoms with Crippen molar-refractivity contribution >= 4 is 39.8 Å². The van der Waals surface area contributed by atoms with Crippen molar-refractivity contribution < 1.29 is 4.79 Å². The quantitative estimate of drug-likeness (QED) is 0.720. The largest absolute Gasteiger partial charge is 0.363 e. The maximum absolute atomic E-state index is 11.9. The molecular formula is C15H20N4OS2. The van der Waals surface area contributed by atoms with Gasteiger partial charge in [0.15, 0.2) is 4.34 Å². The Kier molecular flexibility index (Phi) is 6.67. The third kappa shape index (κ3) is 5.31. The number of nitrogens with zero attached hydrogens (tertiary/aromatic N) is 2. The SMILES string of the molecule is CCCCc1ccc(NC(=O)CSc2nnc(NC)s2)cc1. The summed E-state index contributed by atoms with van der Waals surface area (Å²) in [6.45, 7) is 2.18. The molecule has 0 spiro atoms. The summed E-state index contributed by atoms with van der Waals surface area (Å²) in [6.07, 6.45) is 3.47. The smallest absolute Gasteiger partial charge is 0.234 e. The number of carbonyl (C=O) groups is 1. The normalized spacial score (nSPS) is 10.5. The predicted molar refractivity (Wildman–Crippen MR) is 93.9 cm³/mol. The number of carbonyl (C=O) groups excluding carboxylic acids is 1. The summed E-state index contributed by atoms with van der Waals surface area (Å²) in [5.41, 5.74) is 2.14. The van der Waals surface area contributed by atoms with Crippen molar-refractivity contribution in [3.63, 3.8) is 0 Å². The Hall–Kier alpha value is -1.60. The van der Waals surface area contributed by atoms with Gasteiger partial charge in [0.25, 0.3) is 0 Å². The Labute approximate surface area is 138 Å². The van der Waals surface area contributed by atoms with Gasteiger partial charge in [-0.25, -0.2) is 0 Å². The zero-order chi connectivity index (χ0) is 15.8. The van der Waals surface area contributed by atoms with E-state index < -0.39 is 0 Å². The number of nitrogens with one attached hydrogen (secondary N) is 2. The zero-order valence-electron chi connectivity index (χ0n) is 12.8. The second kappa shape index (κ2) is 8.75. The van der Waals surface area contributed by atoms with Crippen molar-refractivity contribution in [2.24, 2.45) is 0 Å². The maximum atomic E-state index is 11.9. The van der Waals surface area contributed by atoms with Crippen LogP contribution in [-0.2, 0) is 11.2 Å². The molecule has 0 aliphatic rings. The van der Waals surface area contributed by atoms with E-state index in [0.717, 1.165) is 21.6 Å². The van der Waals surface area contributed by atoms with Gasteiger partial charge in [0, 0.05) is 12.7 Å². The molecule has 0 atom stereocenters. The summed E-state index contributed by atoms with van der Waals surface area (Å²) in [5, 5.41) is 14.5. The first kappa shape index (κ1) is 16.8. The van der Waals surface area contributed by atoms with Crippen LogP contribution in [0, 0.1) is 0 Å². The van der Waals surface area contributed by atoms with Crippen molar-refractivity contribution in [1.29, 1.82) is 0 Å². The van der Waals surface area contributed by atoms with Crippen LogP contribution in [0.15, 0.2) is 28.6 Å². The number of rotatable bonds is 8. The number of benzene rings is 1. The third-order valence-corrected chi connectivity index (χ3v) is 5.08. The van der Waals surface area contributed by atoms with Crippen molar-refractivity contribution in [2.75, 3.05) is 23.4 Å². The average molecular weight is 336 g/mol. The summed E-state index contributed by atoms with van der Waals surface area (Å²) in [4.78, 5) is 11.9. The number of thioether (sulfide) groups is 1. The van der Waals surface area contributed by atoms with Crippen LogP contribution in [0.1, 0.15) is 25.3 Å². The zero-order valence-corrected chi connectivity index (χ0v) is 14.4. The lowest BCUT2D eigenvalue weighted by atomic mass is 10.1. The lowest BCUT2D eigenvalue weighted by Crippen LogP contribution is -2.13. The molecule has 2 N–H and O–H groups in total. The van der Waals surface area contributed by atoms with E-state index in [4.69, 9.17) is 0 Å². The van der Waals surface area contributed by atoms with E-state index in [-0.39, 0.29) is 5.91 Å². The molecule has 0 aliphatic carbocycles. The van der Waals surface area contributed by atoms with E-state index in [9.17, 15) is 4.79 Å². The van der Waals surface area contributed by atoms with E-state index in [1.165, 1.54) is 41.5 Å². The fourth-order valence-corrected chi connectivity index (χ4v) is 3.33. The van der Waals surface area contributed by atoms with Gasteiger partial charge in [0.2, 0.25) is 11.0 Å². The Morgan fingerprint density at radius 1 is 1.27 bits per heavy atom. The van der Waals surface area contributed by atoms with Crippen molar-refractivity contribution in [3.8, 4) is 0 Å². The molecule has 1 aromatic heterocycles. The Morgan fingerprint density at radius 2 is 2.05 bits per heavy atom. The van der Waals surface area contributed by atoms with Gasteiger partial charge >= 0.3 is 0 Å². The van der Waals surface area contributed by atoms with Gasteiger partial charge in [-0.2, -0.15) is 0 Å². The average Bonchev–Trinajstić information content (AvgIpc) is 3.00. The van der Waals surface area contributed by atoms with Crippen molar-refractivity contribution in [1.82, 2.24) is 10.2 Å². The first-order valence-corrected chi connectivity index (χ1v) is 9.04. The fourth-order valence-electron chi connectivity index (χ4n) is 1.83. The molecule has 1 aromatic carbocycles. The minimum absolute atomic E-state index is 0.0347. The van der Waals surface area contributed by atoms with Gasteiger partial charge in [-0.15, -0.1) is 10.2 Å². The Morgan fingerprint density at radius 3 is 2.68 bits per heavy atom. The van der Waals surface area contributed by atoms with E-state index in [0.29, 0.717) is 5.75 Å². The minimum Gasteiger partial charge on any atom is -0.363 e. The van der Waals surface area contributed by atoms with E-state index >= 15 is 0 Å². The molecule has 118 valence electrons. The van der Waals surface area contributed by atoms with Crippen LogP contribution >= 0.6 is 23.1 Å². The molecule has 1 heterocycles. The maximum Gasteiger partial charge on any atom is 0.234 e. The molecule has 5 nitrogen and oxygen atoms in total. The molecular weight excluding hydrogens is 316 g/mol. The van der Waals surface area contributed by atoms with Gasteiger partial charge < -0.3 is 10.6 Å². The monoisotopic (exact) mass is 336 g/mol. The Bertz CT molecular complexity index is 598. The summed E-state index contributed by atoms with van der Waals surface area (Å²) in [7, 11) is 1.80. The highest BCUT2D eigenvalue weighted by Gasteiger charge is 2.07. The number of anilines is 2. The summed E-state index contributed by atoms with van der Waals surface area (Å²) < 4.78 is 0.786. The topological polar surface area (TPSA) is 66.9 Å². The van der Waals surface area contributed by atoms with Crippen LogP contribution in [0.2, 0.25) is 0 Å². The summed E-state index contributed by atoms with van der Waals surface area (Å²) in [5.74, 6) is 0.295. The number of aromatic nitrogens is 2. The van der Waals surface area contributed by atoms with Gasteiger partial charge in [-0.3, -0.25) is 4.79 Å². The van der Waals surface area contributed by atoms with Crippen LogP contribution in [-0.4, -0.2) is 28.9 Å². The molecule has 0 bridgehead atoms. The molecule has 2 aromatic rings. The minimum atomic E-state index is -0.0347. The van der Waals surface area contributed by atoms with Crippen molar-refractivity contribution in [3.05, 3.63) is 29.8 Å². The fraction of sp³-hybridized carbons (Fsp3) is 0.400. The molecule has 22 heavy (non-hydrogen) atoms. The first-order chi connectivity index (χ1) is 10.7. The molecule has 0 radical (unpaired) electrons. The molecule has 0 unspecified atom stereocenters. The highest BCUT2D eigenvalue weighted by molar-refractivity contribution is 8.01. The highest BCUT2D eigenvalue weighted by atomic mass is 32.2. The standard InChI is InChI=1S/C15H20N4OS2/c1-3-4-5-11-6-8-12(9-7-11)17-13(20)10-21-15-19-18-14(16-2)22-15/h6-9H,3-5,10H2,1-2H3,(H,16,18)(H,17,20). The first-order valence-electron chi connectivity index (χ1n) is 7.24. The second-order valence-electron chi connectivity index (χ2n) is 4.76. The number of aryl methyl sites for hydroxylation is 1.